The van der Waals surface area contributed by atoms with Gasteiger partial charge in [-0.15, -0.1) is 22.7 Å². The number of nitrogens with zero attached hydrogens (tertiary/aromatic N) is 2. The summed E-state index contributed by atoms with van der Waals surface area (Å²) in [7, 11) is 0. The number of carbonyl (C=O) groups excluding carboxylic acids is 1. The molecule has 0 radical (unpaired) electrons. The Morgan fingerprint density at radius 3 is 2.89 bits per heavy atom. The third kappa shape index (κ3) is 2.17. The van der Waals surface area contributed by atoms with Gasteiger partial charge in [-0.3, -0.25) is 9.48 Å². The second-order valence-corrected chi connectivity index (χ2v) is 7.35. The zero-order valence-electron chi connectivity index (χ0n) is 10.4. The molecule has 0 fully saturated rings. The second kappa shape index (κ2) is 4.85. The van der Waals surface area contributed by atoms with Crippen LogP contribution < -0.4 is 0 Å². The molecular weight excluding hydrogens is 344 g/mol. The van der Waals surface area contributed by atoms with Gasteiger partial charge >= 0.3 is 0 Å². The fraction of sp³-hybridized carbons (Fsp3) is 0.231. The van der Waals surface area contributed by atoms with Crippen LogP contribution in [0.2, 0.25) is 0 Å². The fourth-order valence-corrected chi connectivity index (χ4v) is 4.44. The summed E-state index contributed by atoms with van der Waals surface area (Å²) in [6.07, 6.45) is 1.68. The van der Waals surface area contributed by atoms with Crippen LogP contribution in [0.3, 0.4) is 0 Å². The fourth-order valence-electron chi connectivity index (χ4n) is 1.94. The Labute approximate surface area is 127 Å². The Hall–Kier alpha value is -0.980. The van der Waals surface area contributed by atoms with Gasteiger partial charge in [0.25, 0.3) is 0 Å². The first kappa shape index (κ1) is 13.0. The summed E-state index contributed by atoms with van der Waals surface area (Å²) in [5.41, 5.74) is 0.629. The number of carbonyl (C=O) groups is 1. The van der Waals surface area contributed by atoms with Gasteiger partial charge in [0.1, 0.15) is 5.69 Å². The molecule has 3 heterocycles. The summed E-state index contributed by atoms with van der Waals surface area (Å²) >= 11 is 6.62. The van der Waals surface area contributed by atoms with E-state index in [1.54, 1.807) is 22.2 Å². The van der Waals surface area contributed by atoms with Gasteiger partial charge in [-0.2, -0.15) is 5.10 Å². The normalized spacial score (nSPS) is 11.6. The Kier molecular flexibility index (Phi) is 3.32. The van der Waals surface area contributed by atoms with E-state index >= 15 is 0 Å². The first-order valence-corrected chi connectivity index (χ1v) is 8.31. The lowest BCUT2D eigenvalue weighted by atomic mass is 10.2. The Morgan fingerprint density at radius 1 is 1.42 bits per heavy atom. The summed E-state index contributed by atoms with van der Waals surface area (Å²) in [5.74, 6) is 0.0338. The van der Waals surface area contributed by atoms with Crippen LogP contribution in [0.15, 0.2) is 28.2 Å². The van der Waals surface area contributed by atoms with Crippen LogP contribution in [-0.2, 0) is 0 Å². The molecule has 0 unspecified atom stereocenters. The SMILES string of the molecule is CC(C)n1ncc(Br)c1C(=O)c1cc2sccc2s1. The van der Waals surface area contributed by atoms with Gasteiger partial charge in [0.05, 0.1) is 15.5 Å². The van der Waals surface area contributed by atoms with E-state index in [1.165, 1.54) is 20.7 Å². The lowest BCUT2D eigenvalue weighted by molar-refractivity contribution is 0.103. The van der Waals surface area contributed by atoms with Crippen molar-refractivity contribution in [3.8, 4) is 0 Å². The predicted molar refractivity (Wildman–Crippen MR) is 83.4 cm³/mol. The van der Waals surface area contributed by atoms with Crippen molar-refractivity contribution in [3.05, 3.63) is 38.8 Å². The van der Waals surface area contributed by atoms with E-state index in [0.29, 0.717) is 5.69 Å². The molecule has 0 aliphatic carbocycles. The largest absolute Gasteiger partial charge is 0.286 e. The highest BCUT2D eigenvalue weighted by atomic mass is 79.9. The van der Waals surface area contributed by atoms with Crippen LogP contribution >= 0.6 is 38.6 Å². The molecule has 3 rings (SSSR count). The minimum atomic E-state index is 0.0338. The molecule has 3 nitrogen and oxygen atoms in total. The average Bonchev–Trinajstić information content (AvgIpc) is 3.00. The van der Waals surface area contributed by atoms with Crippen LogP contribution in [-0.4, -0.2) is 15.6 Å². The standard InChI is InChI=1S/C13H11BrN2OS2/c1-7(2)16-12(8(14)6-15-16)13(17)11-5-10-9(19-11)3-4-18-10/h3-7H,1-2H3. The molecule has 0 aromatic carbocycles. The number of hydrogen-bond acceptors (Lipinski definition) is 4. The maximum absolute atomic E-state index is 12.6. The number of fused-ring (bicyclic) bond motifs is 1. The number of rotatable bonds is 3. The van der Waals surface area contributed by atoms with E-state index in [-0.39, 0.29) is 11.8 Å². The lowest BCUT2D eigenvalue weighted by Crippen LogP contribution is -2.13. The molecule has 3 aromatic rings. The van der Waals surface area contributed by atoms with E-state index in [4.69, 9.17) is 0 Å². The van der Waals surface area contributed by atoms with E-state index in [0.717, 1.165) is 9.35 Å². The molecule has 0 saturated carbocycles. The van der Waals surface area contributed by atoms with Crippen molar-refractivity contribution in [3.63, 3.8) is 0 Å². The maximum atomic E-state index is 12.6. The Morgan fingerprint density at radius 2 is 2.21 bits per heavy atom. The smallest absolute Gasteiger partial charge is 0.222 e. The lowest BCUT2D eigenvalue weighted by Gasteiger charge is -2.09. The van der Waals surface area contributed by atoms with Crippen molar-refractivity contribution in [1.82, 2.24) is 9.78 Å². The van der Waals surface area contributed by atoms with Gasteiger partial charge in [-0.25, -0.2) is 0 Å². The molecule has 0 atom stereocenters. The van der Waals surface area contributed by atoms with E-state index in [9.17, 15) is 4.79 Å². The highest BCUT2D eigenvalue weighted by molar-refractivity contribution is 9.10. The van der Waals surface area contributed by atoms with Crippen molar-refractivity contribution < 1.29 is 4.79 Å². The van der Waals surface area contributed by atoms with Crippen molar-refractivity contribution in [2.75, 3.05) is 0 Å². The molecule has 0 spiro atoms. The molecule has 0 aliphatic rings. The maximum Gasteiger partial charge on any atom is 0.222 e. The quantitative estimate of drug-likeness (QED) is 0.637. The average molecular weight is 355 g/mol. The minimum absolute atomic E-state index is 0.0338. The van der Waals surface area contributed by atoms with Gasteiger partial charge in [-0.05, 0) is 47.3 Å². The summed E-state index contributed by atoms with van der Waals surface area (Å²) in [6, 6.07) is 4.18. The highest BCUT2D eigenvalue weighted by Gasteiger charge is 2.22. The molecule has 0 aliphatic heterocycles. The molecular formula is C13H11BrN2OS2. The summed E-state index contributed by atoms with van der Waals surface area (Å²) in [4.78, 5) is 13.4. The van der Waals surface area contributed by atoms with E-state index in [1.807, 2.05) is 25.3 Å². The third-order valence-corrected chi connectivity index (χ3v) is 5.49. The van der Waals surface area contributed by atoms with E-state index in [2.05, 4.69) is 27.1 Å². The predicted octanol–water partition coefficient (Wildman–Crippen LogP) is 4.73. The van der Waals surface area contributed by atoms with Crippen LogP contribution in [0.1, 0.15) is 35.3 Å². The van der Waals surface area contributed by atoms with Crippen molar-refractivity contribution in [2.45, 2.75) is 19.9 Å². The van der Waals surface area contributed by atoms with Crippen LogP contribution in [0.4, 0.5) is 0 Å². The summed E-state index contributed by atoms with van der Waals surface area (Å²) in [5, 5.41) is 6.30. The molecule has 6 heteroatoms. The van der Waals surface area contributed by atoms with Gasteiger partial charge in [-0.1, -0.05) is 0 Å². The Balaban J connectivity index is 2.09. The molecule has 0 amide bonds. The van der Waals surface area contributed by atoms with Gasteiger partial charge in [0, 0.05) is 15.4 Å². The van der Waals surface area contributed by atoms with Crippen LogP contribution in [0.5, 0.6) is 0 Å². The number of ketones is 1. The molecule has 3 aromatic heterocycles. The number of thiophene rings is 2. The monoisotopic (exact) mass is 354 g/mol. The van der Waals surface area contributed by atoms with Gasteiger partial charge in [0.2, 0.25) is 5.78 Å². The minimum Gasteiger partial charge on any atom is -0.286 e. The molecule has 98 valence electrons. The topological polar surface area (TPSA) is 34.9 Å². The highest BCUT2D eigenvalue weighted by Crippen LogP contribution is 2.32. The van der Waals surface area contributed by atoms with Crippen molar-refractivity contribution in [1.29, 1.82) is 0 Å². The zero-order valence-corrected chi connectivity index (χ0v) is 13.6. The first-order chi connectivity index (χ1) is 9.08. The van der Waals surface area contributed by atoms with Crippen molar-refractivity contribution >= 4 is 53.8 Å². The summed E-state index contributed by atoms with van der Waals surface area (Å²) in [6.45, 7) is 4.03. The molecule has 0 N–H and O–H groups in total. The van der Waals surface area contributed by atoms with Crippen LogP contribution in [0, 0.1) is 0 Å². The number of aromatic nitrogens is 2. The first-order valence-electron chi connectivity index (χ1n) is 5.82. The molecule has 19 heavy (non-hydrogen) atoms. The second-order valence-electron chi connectivity index (χ2n) is 4.47. The summed E-state index contributed by atoms with van der Waals surface area (Å²) < 4.78 is 4.85. The van der Waals surface area contributed by atoms with Gasteiger partial charge in [0.15, 0.2) is 0 Å². The van der Waals surface area contributed by atoms with Crippen molar-refractivity contribution in [2.24, 2.45) is 0 Å². The molecule has 0 bridgehead atoms. The number of halogens is 1. The van der Waals surface area contributed by atoms with Crippen LogP contribution in [0.25, 0.3) is 9.40 Å². The molecule has 0 saturated heterocycles. The van der Waals surface area contributed by atoms with Gasteiger partial charge < -0.3 is 0 Å². The zero-order chi connectivity index (χ0) is 13.6. The third-order valence-electron chi connectivity index (χ3n) is 2.82. The number of hydrogen-bond donors (Lipinski definition) is 0. The Bertz CT molecular complexity index is 725. The van der Waals surface area contributed by atoms with E-state index < -0.39 is 0 Å².